The molecule has 0 saturated heterocycles. The molecule has 1 N–H and O–H groups in total. The minimum absolute atomic E-state index is 0.0416. The molecule has 0 aromatic heterocycles. The SMILES string of the molecule is CC.CC(C)COC(C)COC(=O)OCCO. The van der Waals surface area contributed by atoms with Gasteiger partial charge in [-0.2, -0.15) is 0 Å². The fourth-order valence-corrected chi connectivity index (χ4v) is 0.761. The molecule has 0 heterocycles. The number of ether oxygens (including phenoxy) is 3. The lowest BCUT2D eigenvalue weighted by molar-refractivity contribution is -0.0186. The number of carbonyl (C=O) groups excluding carboxylic acids is 1. The van der Waals surface area contributed by atoms with E-state index in [1.165, 1.54) is 0 Å². The van der Waals surface area contributed by atoms with Crippen molar-refractivity contribution < 1.29 is 24.1 Å². The van der Waals surface area contributed by atoms with Crippen LogP contribution in [0, 0.1) is 5.92 Å². The summed E-state index contributed by atoms with van der Waals surface area (Å²) in [5, 5.41) is 8.38. The predicted molar refractivity (Wildman–Crippen MR) is 66.0 cm³/mol. The molecule has 104 valence electrons. The fourth-order valence-electron chi connectivity index (χ4n) is 0.761. The third-order valence-electron chi connectivity index (χ3n) is 1.46. The van der Waals surface area contributed by atoms with Gasteiger partial charge in [0.15, 0.2) is 0 Å². The molecule has 0 aliphatic carbocycles. The molecule has 5 nitrogen and oxygen atoms in total. The standard InChI is InChI=1S/C10H20O5.C2H6/c1-8(2)6-14-9(3)7-15-10(12)13-5-4-11;1-2/h8-9,11H,4-7H2,1-3H3;1-2H3. The van der Waals surface area contributed by atoms with Crippen molar-refractivity contribution in [2.24, 2.45) is 5.92 Å². The smallest absolute Gasteiger partial charge is 0.432 e. The highest BCUT2D eigenvalue weighted by molar-refractivity contribution is 5.59. The third kappa shape index (κ3) is 15.2. The molecule has 0 spiro atoms. The second kappa shape index (κ2) is 13.3. The van der Waals surface area contributed by atoms with Crippen molar-refractivity contribution >= 4 is 6.16 Å². The van der Waals surface area contributed by atoms with Crippen LogP contribution in [0.15, 0.2) is 0 Å². The number of rotatable bonds is 7. The van der Waals surface area contributed by atoms with E-state index >= 15 is 0 Å². The number of carbonyl (C=O) groups is 1. The molecule has 0 amide bonds. The summed E-state index contributed by atoms with van der Waals surface area (Å²) in [5.41, 5.74) is 0. The molecule has 0 aliphatic heterocycles. The van der Waals surface area contributed by atoms with Crippen LogP contribution in [-0.4, -0.2) is 43.8 Å². The van der Waals surface area contributed by atoms with Gasteiger partial charge in [-0.25, -0.2) is 4.79 Å². The quantitative estimate of drug-likeness (QED) is 0.702. The highest BCUT2D eigenvalue weighted by atomic mass is 16.7. The van der Waals surface area contributed by atoms with Crippen LogP contribution < -0.4 is 0 Å². The van der Waals surface area contributed by atoms with E-state index in [1.54, 1.807) is 0 Å². The van der Waals surface area contributed by atoms with Gasteiger partial charge in [0.2, 0.25) is 0 Å². The van der Waals surface area contributed by atoms with Crippen molar-refractivity contribution in [3.8, 4) is 0 Å². The Labute approximate surface area is 104 Å². The molecule has 0 radical (unpaired) electrons. The normalized spacial score (nSPS) is 11.5. The van der Waals surface area contributed by atoms with Gasteiger partial charge in [-0.15, -0.1) is 0 Å². The number of hydrogen-bond acceptors (Lipinski definition) is 5. The lowest BCUT2D eigenvalue weighted by atomic mass is 10.2. The molecule has 1 atom stereocenters. The second-order valence-electron chi connectivity index (χ2n) is 3.67. The van der Waals surface area contributed by atoms with Crippen LogP contribution in [0.1, 0.15) is 34.6 Å². The molecular weight excluding hydrogens is 224 g/mol. The highest BCUT2D eigenvalue weighted by Gasteiger charge is 2.08. The maximum absolute atomic E-state index is 10.8. The summed E-state index contributed by atoms with van der Waals surface area (Å²) in [6.45, 7) is 10.5. The Balaban J connectivity index is 0. The summed E-state index contributed by atoms with van der Waals surface area (Å²) in [5.74, 6) is 0.453. The minimum atomic E-state index is -0.774. The molecule has 0 aromatic rings. The van der Waals surface area contributed by atoms with E-state index in [4.69, 9.17) is 14.6 Å². The third-order valence-corrected chi connectivity index (χ3v) is 1.46. The van der Waals surface area contributed by atoms with E-state index in [1.807, 2.05) is 34.6 Å². The Morgan fingerprint density at radius 3 is 2.18 bits per heavy atom. The maximum atomic E-state index is 10.8. The number of hydrogen-bond donors (Lipinski definition) is 1. The highest BCUT2D eigenvalue weighted by Crippen LogP contribution is 1.99. The Hall–Kier alpha value is -0.810. The van der Waals surface area contributed by atoms with Crippen LogP contribution in [0.2, 0.25) is 0 Å². The van der Waals surface area contributed by atoms with Gasteiger partial charge in [-0.3, -0.25) is 0 Å². The van der Waals surface area contributed by atoms with Gasteiger partial charge in [-0.05, 0) is 12.8 Å². The van der Waals surface area contributed by atoms with E-state index in [0.717, 1.165) is 0 Å². The predicted octanol–water partition coefficient (Wildman–Crippen LogP) is 2.22. The van der Waals surface area contributed by atoms with Crippen molar-refractivity contribution in [1.82, 2.24) is 0 Å². The van der Waals surface area contributed by atoms with Crippen LogP contribution >= 0.6 is 0 Å². The summed E-state index contributed by atoms with van der Waals surface area (Å²) in [6, 6.07) is 0. The van der Waals surface area contributed by atoms with Crippen LogP contribution in [0.3, 0.4) is 0 Å². The Morgan fingerprint density at radius 2 is 1.71 bits per heavy atom. The van der Waals surface area contributed by atoms with Gasteiger partial charge in [0.1, 0.15) is 13.2 Å². The molecule has 1 unspecified atom stereocenters. The lowest BCUT2D eigenvalue weighted by Crippen LogP contribution is -2.21. The van der Waals surface area contributed by atoms with Gasteiger partial charge in [0, 0.05) is 6.61 Å². The Bertz CT molecular complexity index is 170. The van der Waals surface area contributed by atoms with E-state index in [9.17, 15) is 4.79 Å². The lowest BCUT2D eigenvalue weighted by Gasteiger charge is -2.14. The minimum Gasteiger partial charge on any atom is -0.432 e. The average Bonchev–Trinajstić information content (AvgIpc) is 2.33. The van der Waals surface area contributed by atoms with Gasteiger partial charge in [0.25, 0.3) is 0 Å². The summed E-state index contributed by atoms with van der Waals surface area (Å²) >= 11 is 0. The first-order chi connectivity index (χ1) is 8.06. The fraction of sp³-hybridized carbons (Fsp3) is 0.917. The first-order valence-corrected chi connectivity index (χ1v) is 6.08. The van der Waals surface area contributed by atoms with Crippen molar-refractivity contribution in [3.05, 3.63) is 0 Å². The Morgan fingerprint density at radius 1 is 1.12 bits per heavy atom. The summed E-state index contributed by atoms with van der Waals surface area (Å²) in [6.07, 6.45) is -0.918. The van der Waals surface area contributed by atoms with E-state index in [2.05, 4.69) is 4.74 Å². The van der Waals surface area contributed by atoms with Gasteiger partial charge in [0.05, 0.1) is 12.7 Å². The number of aliphatic hydroxyl groups is 1. The van der Waals surface area contributed by atoms with Crippen LogP contribution in [-0.2, 0) is 14.2 Å². The van der Waals surface area contributed by atoms with Crippen molar-refractivity contribution in [2.75, 3.05) is 26.4 Å². The summed E-state index contributed by atoms with van der Waals surface area (Å²) < 4.78 is 14.6. The maximum Gasteiger partial charge on any atom is 0.508 e. The molecule has 17 heavy (non-hydrogen) atoms. The molecule has 0 aliphatic rings. The van der Waals surface area contributed by atoms with E-state index in [-0.39, 0.29) is 25.9 Å². The monoisotopic (exact) mass is 250 g/mol. The average molecular weight is 250 g/mol. The molecule has 0 bridgehead atoms. The van der Waals surface area contributed by atoms with Crippen LogP contribution in [0.4, 0.5) is 4.79 Å². The molecule has 0 saturated carbocycles. The van der Waals surface area contributed by atoms with Crippen LogP contribution in [0.5, 0.6) is 0 Å². The number of aliphatic hydroxyl groups excluding tert-OH is 1. The zero-order valence-corrected chi connectivity index (χ0v) is 11.6. The topological polar surface area (TPSA) is 65.0 Å². The van der Waals surface area contributed by atoms with Gasteiger partial charge >= 0.3 is 6.16 Å². The molecular formula is C12H26O5. The van der Waals surface area contributed by atoms with Crippen molar-refractivity contribution in [1.29, 1.82) is 0 Å². The molecule has 0 aromatic carbocycles. The molecule has 0 fully saturated rings. The molecule has 5 heteroatoms. The largest absolute Gasteiger partial charge is 0.508 e. The zero-order chi connectivity index (χ0) is 13.7. The summed E-state index contributed by atoms with van der Waals surface area (Å²) in [7, 11) is 0. The van der Waals surface area contributed by atoms with Gasteiger partial charge < -0.3 is 19.3 Å². The second-order valence-corrected chi connectivity index (χ2v) is 3.67. The first-order valence-electron chi connectivity index (χ1n) is 6.08. The van der Waals surface area contributed by atoms with E-state index < -0.39 is 6.16 Å². The summed E-state index contributed by atoms with van der Waals surface area (Å²) in [4.78, 5) is 10.8. The van der Waals surface area contributed by atoms with Crippen molar-refractivity contribution in [2.45, 2.75) is 40.7 Å². The van der Waals surface area contributed by atoms with E-state index in [0.29, 0.717) is 12.5 Å². The molecule has 0 rings (SSSR count). The van der Waals surface area contributed by atoms with Gasteiger partial charge in [-0.1, -0.05) is 27.7 Å². The van der Waals surface area contributed by atoms with Crippen LogP contribution in [0.25, 0.3) is 0 Å². The Kier molecular flexibility index (Phi) is 14.5. The first kappa shape index (κ1) is 18.6. The van der Waals surface area contributed by atoms with Crippen molar-refractivity contribution in [3.63, 3.8) is 0 Å². The zero-order valence-electron chi connectivity index (χ0n) is 11.6.